The molecule has 0 bridgehead atoms. The first-order valence-electron chi connectivity index (χ1n) is 7.92. The molecular formula is C18H20N3O4+. The van der Waals surface area contributed by atoms with Crippen molar-refractivity contribution in [2.45, 2.75) is 26.2 Å². The smallest absolute Gasteiger partial charge is 0.304 e. The maximum Gasteiger partial charge on any atom is 0.304 e. The number of carboxylic acid groups (broad SMARTS) is 1. The zero-order valence-electron chi connectivity index (χ0n) is 14.3. The van der Waals surface area contributed by atoms with Gasteiger partial charge in [0.05, 0.1) is 13.5 Å². The molecule has 0 aliphatic heterocycles. The van der Waals surface area contributed by atoms with Crippen LogP contribution in [0.15, 0.2) is 35.1 Å². The quantitative estimate of drug-likeness (QED) is 0.495. The molecule has 7 heteroatoms. The molecule has 0 spiro atoms. The van der Waals surface area contributed by atoms with E-state index in [4.69, 9.17) is 0 Å². The number of hydrogen-bond acceptors (Lipinski definition) is 3. The molecule has 0 amide bonds. The Bertz CT molecular complexity index is 1010. The van der Waals surface area contributed by atoms with Gasteiger partial charge in [-0.3, -0.25) is 9.59 Å². The van der Waals surface area contributed by atoms with E-state index in [0.29, 0.717) is 22.6 Å². The van der Waals surface area contributed by atoms with E-state index in [2.05, 4.69) is 4.98 Å². The van der Waals surface area contributed by atoms with Crippen molar-refractivity contribution < 1.29 is 19.7 Å². The molecule has 2 aromatic heterocycles. The Morgan fingerprint density at radius 1 is 1.32 bits per heavy atom. The summed E-state index contributed by atoms with van der Waals surface area (Å²) in [6.45, 7) is 3.56. The van der Waals surface area contributed by atoms with E-state index in [9.17, 15) is 19.9 Å². The summed E-state index contributed by atoms with van der Waals surface area (Å²) in [6, 6.07) is 8.99. The number of carbonyl (C=O) groups is 1. The first-order chi connectivity index (χ1) is 11.8. The van der Waals surface area contributed by atoms with Crippen molar-refractivity contribution in [2.24, 2.45) is 7.05 Å². The normalized spacial score (nSPS) is 12.4. The first-order valence-corrected chi connectivity index (χ1v) is 7.92. The lowest BCUT2D eigenvalue weighted by molar-refractivity contribution is -0.686. The Kier molecular flexibility index (Phi) is 4.08. The van der Waals surface area contributed by atoms with Gasteiger partial charge in [0.15, 0.2) is 5.69 Å². The molecule has 0 aliphatic rings. The molecule has 0 saturated carbocycles. The van der Waals surface area contributed by atoms with Gasteiger partial charge in [-0.05, 0) is 22.2 Å². The maximum absolute atomic E-state index is 12.6. The lowest BCUT2D eigenvalue weighted by Gasteiger charge is -2.12. The molecule has 0 aliphatic carbocycles. The summed E-state index contributed by atoms with van der Waals surface area (Å²) in [6.07, 6.45) is -0.307. The number of nitrogens with one attached hydrogen (secondary N) is 1. The zero-order valence-corrected chi connectivity index (χ0v) is 14.3. The standard InChI is InChI=1S/C18H19N3O4/c1-10-11(2)21(25)18(20(10)3)14(9-16(22)23)13-8-12-6-4-5-7-15(12)19-17(13)24/h4-8,14H,9H2,1-3H3,(H2-,19,22,23,24,25)/p+1/t14-/m0/s1. The third-order valence-electron chi connectivity index (χ3n) is 4.75. The lowest BCUT2D eigenvalue weighted by atomic mass is 9.94. The summed E-state index contributed by atoms with van der Waals surface area (Å²) in [4.78, 5) is 26.8. The second-order valence-electron chi connectivity index (χ2n) is 6.19. The van der Waals surface area contributed by atoms with E-state index in [0.717, 1.165) is 15.8 Å². The second kappa shape index (κ2) is 6.08. The molecular weight excluding hydrogens is 322 g/mol. The Balaban J connectivity index is 2.28. The molecule has 2 heterocycles. The number of nitrogens with zero attached hydrogens (tertiary/aromatic N) is 2. The Morgan fingerprint density at radius 2 is 2.00 bits per heavy atom. The number of benzene rings is 1. The highest BCUT2D eigenvalue weighted by atomic mass is 16.5. The average molecular weight is 342 g/mol. The number of aromatic nitrogens is 3. The van der Waals surface area contributed by atoms with Crippen molar-refractivity contribution in [2.75, 3.05) is 0 Å². The average Bonchev–Trinajstić information content (AvgIpc) is 2.76. The van der Waals surface area contributed by atoms with Gasteiger partial charge < -0.3 is 15.3 Å². The molecule has 0 radical (unpaired) electrons. The van der Waals surface area contributed by atoms with Crippen molar-refractivity contribution >= 4 is 16.9 Å². The number of pyridine rings is 1. The van der Waals surface area contributed by atoms with Gasteiger partial charge in [0.25, 0.3) is 5.56 Å². The molecule has 1 aromatic carbocycles. The molecule has 7 nitrogen and oxygen atoms in total. The third kappa shape index (κ3) is 2.77. The summed E-state index contributed by atoms with van der Waals surface area (Å²) in [7, 11) is 1.74. The van der Waals surface area contributed by atoms with Crippen LogP contribution in [-0.4, -0.2) is 26.0 Å². The van der Waals surface area contributed by atoms with E-state index in [1.165, 1.54) is 0 Å². The maximum atomic E-state index is 12.6. The molecule has 3 rings (SSSR count). The number of aromatic amines is 1. The molecule has 25 heavy (non-hydrogen) atoms. The summed E-state index contributed by atoms with van der Waals surface area (Å²) in [5.74, 6) is -1.47. The van der Waals surface area contributed by atoms with Crippen molar-refractivity contribution in [3.63, 3.8) is 0 Å². The summed E-state index contributed by atoms with van der Waals surface area (Å²) >= 11 is 0. The van der Waals surface area contributed by atoms with Gasteiger partial charge in [0, 0.05) is 24.9 Å². The zero-order chi connectivity index (χ0) is 18.3. The fourth-order valence-corrected chi connectivity index (χ4v) is 3.20. The number of H-pyrrole nitrogens is 1. The Morgan fingerprint density at radius 3 is 2.60 bits per heavy atom. The number of rotatable bonds is 4. The number of imidazole rings is 1. The van der Waals surface area contributed by atoms with E-state index in [-0.39, 0.29) is 12.0 Å². The van der Waals surface area contributed by atoms with Gasteiger partial charge in [0.1, 0.15) is 11.6 Å². The van der Waals surface area contributed by atoms with E-state index >= 15 is 0 Å². The van der Waals surface area contributed by atoms with Gasteiger partial charge >= 0.3 is 11.8 Å². The highest BCUT2D eigenvalue weighted by Crippen LogP contribution is 2.26. The molecule has 0 saturated heterocycles. The van der Waals surface area contributed by atoms with E-state index in [1.807, 2.05) is 25.1 Å². The van der Waals surface area contributed by atoms with Crippen LogP contribution < -0.4 is 10.1 Å². The summed E-state index contributed by atoms with van der Waals surface area (Å²) in [5, 5.41) is 20.6. The third-order valence-corrected chi connectivity index (χ3v) is 4.75. The predicted molar refractivity (Wildman–Crippen MR) is 90.9 cm³/mol. The Hall–Kier alpha value is -3.09. The lowest BCUT2D eigenvalue weighted by Crippen LogP contribution is -2.38. The van der Waals surface area contributed by atoms with Crippen LogP contribution in [0, 0.1) is 13.8 Å². The Labute approximate surface area is 143 Å². The van der Waals surface area contributed by atoms with Crippen LogP contribution in [0.5, 0.6) is 0 Å². The van der Waals surface area contributed by atoms with Crippen LogP contribution in [0.25, 0.3) is 10.9 Å². The highest BCUT2D eigenvalue weighted by molar-refractivity contribution is 5.79. The van der Waals surface area contributed by atoms with Crippen molar-refractivity contribution in [3.8, 4) is 0 Å². The van der Waals surface area contributed by atoms with Crippen molar-refractivity contribution in [1.82, 2.24) is 9.71 Å². The molecule has 130 valence electrons. The van der Waals surface area contributed by atoms with Crippen LogP contribution in [0.3, 0.4) is 0 Å². The molecule has 3 N–H and O–H groups in total. The summed E-state index contributed by atoms with van der Waals surface area (Å²) < 4.78 is 2.69. The topological polar surface area (TPSA) is 99.2 Å². The van der Waals surface area contributed by atoms with Crippen LogP contribution in [0.4, 0.5) is 0 Å². The summed E-state index contributed by atoms with van der Waals surface area (Å²) in [5.41, 5.74) is 2.03. The van der Waals surface area contributed by atoms with E-state index in [1.54, 1.807) is 30.7 Å². The minimum atomic E-state index is -1.05. The largest absolute Gasteiger partial charge is 0.481 e. The van der Waals surface area contributed by atoms with Gasteiger partial charge in [-0.2, -0.15) is 0 Å². The SMILES string of the molecule is Cc1c(C)[n+](C)c([C@@H](CC(=O)O)c2cc3ccccc3[nH]c2=O)n1O. The first kappa shape index (κ1) is 16.8. The second-order valence-corrected chi connectivity index (χ2v) is 6.19. The number of para-hydroxylation sites is 1. The molecule has 3 aromatic rings. The number of fused-ring (bicyclic) bond motifs is 1. The predicted octanol–water partition coefficient (Wildman–Crippen LogP) is 1.61. The van der Waals surface area contributed by atoms with E-state index < -0.39 is 11.9 Å². The molecule has 0 unspecified atom stereocenters. The fourth-order valence-electron chi connectivity index (χ4n) is 3.20. The van der Waals surface area contributed by atoms with Gasteiger partial charge in [-0.25, -0.2) is 4.57 Å². The van der Waals surface area contributed by atoms with Gasteiger partial charge in [-0.15, -0.1) is 0 Å². The molecule has 0 fully saturated rings. The minimum absolute atomic E-state index is 0.307. The fraction of sp³-hybridized carbons (Fsp3) is 0.278. The van der Waals surface area contributed by atoms with Crippen LogP contribution in [0.2, 0.25) is 0 Å². The van der Waals surface area contributed by atoms with Crippen LogP contribution >= 0.6 is 0 Å². The number of aliphatic carboxylic acids is 1. The minimum Gasteiger partial charge on any atom is -0.481 e. The van der Waals surface area contributed by atoms with Crippen LogP contribution in [0.1, 0.15) is 35.1 Å². The van der Waals surface area contributed by atoms with Gasteiger partial charge in [0.2, 0.25) is 0 Å². The van der Waals surface area contributed by atoms with Gasteiger partial charge in [-0.1, -0.05) is 18.2 Å². The number of hydrogen-bond donors (Lipinski definition) is 3. The van der Waals surface area contributed by atoms with Crippen molar-refractivity contribution in [3.05, 3.63) is 63.5 Å². The highest BCUT2D eigenvalue weighted by Gasteiger charge is 2.35. The monoisotopic (exact) mass is 342 g/mol. The number of carboxylic acids is 1. The molecule has 1 atom stereocenters. The van der Waals surface area contributed by atoms with Crippen LogP contribution in [-0.2, 0) is 11.8 Å². The van der Waals surface area contributed by atoms with Crippen molar-refractivity contribution in [1.29, 1.82) is 0 Å².